The second kappa shape index (κ2) is 4.91. The van der Waals surface area contributed by atoms with E-state index in [4.69, 9.17) is 0 Å². The first-order valence-corrected chi connectivity index (χ1v) is 5.76. The third-order valence-electron chi connectivity index (χ3n) is 1.14. The molecule has 0 bridgehead atoms. The van der Waals surface area contributed by atoms with Gasteiger partial charge in [0.15, 0.2) is 0 Å². The molecule has 0 nitrogen and oxygen atoms in total. The van der Waals surface area contributed by atoms with Crippen LogP contribution in [-0.4, -0.2) is 11.5 Å². The molecule has 0 N–H and O–H groups in total. The number of hydrogen-bond donors (Lipinski definition) is 1. The first kappa shape index (κ1) is 9.23. The topological polar surface area (TPSA) is 0 Å². The third kappa shape index (κ3) is 3.36. The summed E-state index contributed by atoms with van der Waals surface area (Å²) in [6.45, 7) is 3.88. The van der Waals surface area contributed by atoms with Crippen molar-refractivity contribution >= 4 is 35.7 Å². The molecule has 0 aromatic carbocycles. The maximum absolute atomic E-state index is 4.14. The highest BCUT2D eigenvalue weighted by Gasteiger charge is 1.95. The van der Waals surface area contributed by atoms with Crippen molar-refractivity contribution in [3.8, 4) is 0 Å². The van der Waals surface area contributed by atoms with Crippen molar-refractivity contribution in [2.45, 2.75) is 4.21 Å². The molecule has 0 radical (unpaired) electrons. The lowest BCUT2D eigenvalue weighted by atomic mass is 10.4. The van der Waals surface area contributed by atoms with Gasteiger partial charge in [-0.25, -0.2) is 0 Å². The van der Waals surface area contributed by atoms with Crippen LogP contribution in [0.5, 0.6) is 0 Å². The minimum absolute atomic E-state index is 0.790. The summed E-state index contributed by atoms with van der Waals surface area (Å²) in [5, 5.41) is 2.09. The van der Waals surface area contributed by atoms with Gasteiger partial charge in [-0.2, -0.15) is 12.6 Å². The minimum Gasteiger partial charge on any atom is -0.175 e. The molecule has 3 heteroatoms. The van der Waals surface area contributed by atoms with Crippen molar-refractivity contribution in [1.29, 1.82) is 0 Å². The Labute approximate surface area is 81.1 Å². The fourth-order valence-electron chi connectivity index (χ4n) is 0.564. The van der Waals surface area contributed by atoms with E-state index < -0.39 is 0 Å². The highest BCUT2D eigenvalue weighted by atomic mass is 32.2. The molecule has 0 aliphatic heterocycles. The lowest BCUT2D eigenvalue weighted by Crippen LogP contribution is -1.84. The van der Waals surface area contributed by atoms with Crippen molar-refractivity contribution < 1.29 is 0 Å². The lowest BCUT2D eigenvalue weighted by molar-refractivity contribution is 1.46. The molecule has 60 valence electrons. The molecule has 1 aromatic rings. The van der Waals surface area contributed by atoms with Gasteiger partial charge in [-0.05, 0) is 11.4 Å². The van der Waals surface area contributed by atoms with Crippen LogP contribution in [0.3, 0.4) is 0 Å². The van der Waals surface area contributed by atoms with E-state index in [-0.39, 0.29) is 0 Å². The van der Waals surface area contributed by atoms with Gasteiger partial charge in [-0.1, -0.05) is 18.2 Å². The molecule has 0 fully saturated rings. The average Bonchev–Trinajstić information content (AvgIpc) is 2.52. The highest BCUT2D eigenvalue weighted by Crippen LogP contribution is 2.24. The molecular weight excluding hydrogens is 192 g/mol. The first-order valence-electron chi connectivity index (χ1n) is 3.26. The molecule has 0 amide bonds. The smallest absolute Gasteiger partial charge is 0.0601 e. The molecule has 0 atom stereocenters. The van der Waals surface area contributed by atoms with Crippen molar-refractivity contribution in [3.63, 3.8) is 0 Å². The van der Waals surface area contributed by atoms with Crippen LogP contribution in [0.25, 0.3) is 0 Å². The summed E-state index contributed by atoms with van der Waals surface area (Å²) in [5.74, 6) is 1.78. The van der Waals surface area contributed by atoms with Crippen LogP contribution in [-0.2, 0) is 0 Å². The zero-order chi connectivity index (χ0) is 8.10. The Balaban J connectivity index is 2.29. The number of thiophene rings is 1. The largest absolute Gasteiger partial charge is 0.175 e. The van der Waals surface area contributed by atoms with Gasteiger partial charge in [0.25, 0.3) is 0 Å². The maximum atomic E-state index is 4.14. The molecular formula is C8H10S3. The van der Waals surface area contributed by atoms with Gasteiger partial charge in [-0.15, -0.1) is 23.1 Å². The van der Waals surface area contributed by atoms with Crippen molar-refractivity contribution in [2.75, 3.05) is 11.5 Å². The minimum atomic E-state index is 0.790. The Bertz CT molecular complexity index is 213. The normalized spacial score (nSPS) is 9.91. The van der Waals surface area contributed by atoms with Gasteiger partial charge in [0.1, 0.15) is 0 Å². The van der Waals surface area contributed by atoms with Crippen LogP contribution in [0.2, 0.25) is 0 Å². The average molecular weight is 202 g/mol. The van der Waals surface area contributed by atoms with Crippen LogP contribution in [0, 0.1) is 0 Å². The number of thiol groups is 1. The monoisotopic (exact) mass is 202 g/mol. The Hall–Kier alpha value is 0.140. The fraction of sp³-hybridized carbons (Fsp3) is 0.250. The Kier molecular flexibility index (Phi) is 4.12. The number of hydrogen-bond acceptors (Lipinski definition) is 3. The Morgan fingerprint density at radius 3 is 3.09 bits per heavy atom. The predicted octanol–water partition coefficient (Wildman–Crippen LogP) is 3.33. The quantitative estimate of drug-likeness (QED) is 0.444. The van der Waals surface area contributed by atoms with E-state index >= 15 is 0 Å². The van der Waals surface area contributed by atoms with Crippen LogP contribution in [0.4, 0.5) is 0 Å². The number of thioether (sulfide) groups is 1. The van der Waals surface area contributed by atoms with Gasteiger partial charge in [0, 0.05) is 11.5 Å². The van der Waals surface area contributed by atoms with Gasteiger partial charge < -0.3 is 0 Å². The van der Waals surface area contributed by atoms with Crippen LogP contribution >= 0.6 is 35.7 Å². The molecule has 0 aliphatic carbocycles. The van der Waals surface area contributed by atoms with E-state index in [1.807, 2.05) is 11.8 Å². The predicted molar refractivity (Wildman–Crippen MR) is 58.0 cm³/mol. The van der Waals surface area contributed by atoms with Crippen molar-refractivity contribution in [2.24, 2.45) is 0 Å². The van der Waals surface area contributed by atoms with Crippen LogP contribution in [0.1, 0.15) is 0 Å². The highest BCUT2D eigenvalue weighted by molar-refractivity contribution is 8.01. The maximum Gasteiger partial charge on any atom is 0.0601 e. The van der Waals surface area contributed by atoms with Crippen LogP contribution in [0.15, 0.2) is 33.9 Å². The summed E-state index contributed by atoms with van der Waals surface area (Å²) >= 11 is 7.74. The van der Waals surface area contributed by atoms with Crippen LogP contribution < -0.4 is 0 Å². The first-order chi connectivity index (χ1) is 5.33. The summed E-state index contributed by atoms with van der Waals surface area (Å²) in [5.41, 5.74) is 1.19. The molecule has 1 aromatic heterocycles. The molecule has 1 heterocycles. The van der Waals surface area contributed by atoms with Crippen molar-refractivity contribution in [1.82, 2.24) is 0 Å². The third-order valence-corrected chi connectivity index (χ3v) is 3.86. The second-order valence-corrected chi connectivity index (χ2v) is 4.67. The molecule has 0 spiro atoms. The zero-order valence-electron chi connectivity index (χ0n) is 6.12. The molecule has 0 aliphatic rings. The molecule has 0 unspecified atom stereocenters. The van der Waals surface area contributed by atoms with Gasteiger partial charge in [0.05, 0.1) is 4.21 Å². The van der Waals surface area contributed by atoms with Gasteiger partial charge >= 0.3 is 0 Å². The summed E-state index contributed by atoms with van der Waals surface area (Å²) < 4.78 is 1.35. The standard InChI is InChI=1S/C8H10S3/c1-7(5-9)6-11-8-3-2-4-10-8/h2-4,9H,1,5-6H2. The summed E-state index contributed by atoms with van der Waals surface area (Å²) in [7, 11) is 0. The van der Waals surface area contributed by atoms with E-state index in [9.17, 15) is 0 Å². The Morgan fingerprint density at radius 1 is 1.73 bits per heavy atom. The fourth-order valence-corrected chi connectivity index (χ4v) is 2.51. The molecule has 1 rings (SSSR count). The SMILES string of the molecule is C=C(CS)CSc1cccs1. The Morgan fingerprint density at radius 2 is 2.55 bits per heavy atom. The van der Waals surface area contributed by atoms with E-state index in [1.165, 1.54) is 9.78 Å². The second-order valence-electron chi connectivity index (χ2n) is 2.13. The van der Waals surface area contributed by atoms with E-state index in [0.29, 0.717) is 0 Å². The number of rotatable bonds is 4. The van der Waals surface area contributed by atoms with E-state index in [0.717, 1.165) is 11.5 Å². The summed E-state index contributed by atoms with van der Waals surface area (Å²) in [6.07, 6.45) is 0. The zero-order valence-corrected chi connectivity index (χ0v) is 8.64. The van der Waals surface area contributed by atoms with Crippen molar-refractivity contribution in [3.05, 3.63) is 29.7 Å². The molecule has 11 heavy (non-hydrogen) atoms. The summed E-state index contributed by atoms with van der Waals surface area (Å²) in [4.78, 5) is 0. The van der Waals surface area contributed by atoms with E-state index in [2.05, 4.69) is 36.7 Å². The lowest BCUT2D eigenvalue weighted by Gasteiger charge is -1.98. The van der Waals surface area contributed by atoms with Gasteiger partial charge in [-0.3, -0.25) is 0 Å². The van der Waals surface area contributed by atoms with E-state index in [1.54, 1.807) is 11.3 Å². The summed E-state index contributed by atoms with van der Waals surface area (Å²) in [6, 6.07) is 4.19. The van der Waals surface area contributed by atoms with Gasteiger partial charge in [0.2, 0.25) is 0 Å². The molecule has 0 saturated carbocycles. The molecule has 0 saturated heterocycles.